The van der Waals surface area contributed by atoms with E-state index in [9.17, 15) is 22.8 Å². The fourth-order valence-corrected chi connectivity index (χ4v) is 4.50. The average molecular weight is 440 g/mol. The molecule has 10 heteroatoms. The molecule has 1 aromatic carbocycles. The highest BCUT2D eigenvalue weighted by Crippen LogP contribution is 2.17. The molecule has 1 fully saturated rings. The van der Waals surface area contributed by atoms with Gasteiger partial charge in [-0.15, -0.1) is 0 Å². The smallest absolute Gasteiger partial charge is 0.324 e. The number of rotatable bonds is 8. The van der Waals surface area contributed by atoms with Crippen LogP contribution in [0, 0.1) is 5.92 Å². The van der Waals surface area contributed by atoms with Crippen LogP contribution in [0.25, 0.3) is 0 Å². The molecule has 0 bridgehead atoms. The molecule has 1 aliphatic carbocycles. The van der Waals surface area contributed by atoms with Crippen molar-refractivity contribution in [1.29, 1.82) is 0 Å². The van der Waals surface area contributed by atoms with Crippen LogP contribution >= 0.6 is 0 Å². The highest BCUT2D eigenvalue weighted by atomic mass is 32.2. The summed E-state index contributed by atoms with van der Waals surface area (Å²) in [5, 5.41) is 4.84. The van der Waals surface area contributed by atoms with Crippen molar-refractivity contribution >= 4 is 27.9 Å². The molecule has 0 saturated heterocycles. The molecule has 1 aliphatic rings. The van der Waals surface area contributed by atoms with Crippen LogP contribution in [-0.4, -0.2) is 45.0 Å². The van der Waals surface area contributed by atoms with E-state index in [4.69, 9.17) is 4.74 Å². The Labute approximate surface area is 177 Å². The Kier molecular flexibility index (Phi) is 8.79. The number of hydrogen-bond acceptors (Lipinski definition) is 6. The molecule has 3 N–H and O–H groups in total. The summed E-state index contributed by atoms with van der Waals surface area (Å²) in [4.78, 5) is 36.2. The predicted molar refractivity (Wildman–Crippen MR) is 110 cm³/mol. The summed E-state index contributed by atoms with van der Waals surface area (Å²) < 4.78 is 32.2. The number of urea groups is 1. The highest BCUT2D eigenvalue weighted by molar-refractivity contribution is 7.89. The lowest BCUT2D eigenvalue weighted by molar-refractivity contribution is -0.150. The summed E-state index contributed by atoms with van der Waals surface area (Å²) >= 11 is 0. The predicted octanol–water partition coefficient (Wildman–Crippen LogP) is 1.69. The topological polar surface area (TPSA) is 131 Å². The lowest BCUT2D eigenvalue weighted by atomic mass is 9.96. The zero-order valence-corrected chi connectivity index (χ0v) is 18.0. The van der Waals surface area contributed by atoms with Crippen LogP contribution in [0.2, 0.25) is 0 Å². The SMILES string of the molecule is CC(C)[C@@H](NS(=O)(=O)c1ccccc1)C(=O)OCC(=O)NC(=O)NC1CCCCC1. The van der Waals surface area contributed by atoms with Gasteiger partial charge in [0, 0.05) is 6.04 Å². The van der Waals surface area contributed by atoms with Gasteiger partial charge in [-0.1, -0.05) is 51.3 Å². The Hall–Kier alpha value is -2.46. The molecule has 1 saturated carbocycles. The average Bonchev–Trinajstić information content (AvgIpc) is 2.71. The van der Waals surface area contributed by atoms with Crippen LogP contribution in [0.15, 0.2) is 35.2 Å². The lowest BCUT2D eigenvalue weighted by Gasteiger charge is -2.23. The third-order valence-corrected chi connectivity index (χ3v) is 6.25. The van der Waals surface area contributed by atoms with E-state index in [1.165, 1.54) is 12.1 Å². The second-order valence-electron chi connectivity index (χ2n) is 7.62. The van der Waals surface area contributed by atoms with Crippen molar-refractivity contribution < 1.29 is 27.5 Å². The summed E-state index contributed by atoms with van der Waals surface area (Å²) in [5.41, 5.74) is 0. The van der Waals surface area contributed by atoms with E-state index in [-0.39, 0.29) is 10.9 Å². The van der Waals surface area contributed by atoms with Crippen LogP contribution in [0.5, 0.6) is 0 Å². The number of imide groups is 1. The van der Waals surface area contributed by atoms with Crippen molar-refractivity contribution in [2.45, 2.75) is 62.9 Å². The normalized spacial score (nSPS) is 16.0. The van der Waals surface area contributed by atoms with Crippen molar-refractivity contribution in [3.63, 3.8) is 0 Å². The molecule has 0 aliphatic heterocycles. The van der Waals surface area contributed by atoms with Crippen LogP contribution in [0.3, 0.4) is 0 Å². The van der Waals surface area contributed by atoms with Crippen LogP contribution in [-0.2, 0) is 24.3 Å². The number of carbonyl (C=O) groups excluding carboxylic acids is 3. The quantitative estimate of drug-likeness (QED) is 0.529. The number of carbonyl (C=O) groups is 3. The number of hydrogen-bond donors (Lipinski definition) is 3. The maximum Gasteiger partial charge on any atom is 0.324 e. The van der Waals surface area contributed by atoms with Gasteiger partial charge in [-0.25, -0.2) is 13.2 Å². The van der Waals surface area contributed by atoms with E-state index in [1.54, 1.807) is 32.0 Å². The number of nitrogens with one attached hydrogen (secondary N) is 3. The third kappa shape index (κ3) is 7.42. The zero-order valence-electron chi connectivity index (χ0n) is 17.2. The number of esters is 1. The molecule has 0 radical (unpaired) electrons. The molecule has 30 heavy (non-hydrogen) atoms. The van der Waals surface area contributed by atoms with Gasteiger partial charge in [0.2, 0.25) is 10.0 Å². The largest absolute Gasteiger partial charge is 0.454 e. The van der Waals surface area contributed by atoms with Crippen molar-refractivity contribution in [2.75, 3.05) is 6.61 Å². The Bertz CT molecular complexity index is 835. The molecule has 166 valence electrons. The maximum absolute atomic E-state index is 12.5. The zero-order chi connectivity index (χ0) is 22.1. The third-order valence-electron chi connectivity index (χ3n) is 4.80. The molecule has 1 atom stereocenters. The van der Waals surface area contributed by atoms with E-state index in [2.05, 4.69) is 15.4 Å². The van der Waals surface area contributed by atoms with Gasteiger partial charge in [-0.3, -0.25) is 14.9 Å². The van der Waals surface area contributed by atoms with Crippen molar-refractivity contribution in [2.24, 2.45) is 5.92 Å². The van der Waals surface area contributed by atoms with Crippen molar-refractivity contribution in [1.82, 2.24) is 15.4 Å². The Morgan fingerprint density at radius 3 is 2.30 bits per heavy atom. The molecule has 0 heterocycles. The van der Waals surface area contributed by atoms with E-state index in [0.717, 1.165) is 32.1 Å². The molecular weight excluding hydrogens is 410 g/mol. The summed E-state index contributed by atoms with van der Waals surface area (Å²) in [7, 11) is -3.94. The lowest BCUT2D eigenvalue weighted by Crippen LogP contribution is -2.48. The number of sulfonamides is 1. The van der Waals surface area contributed by atoms with Gasteiger partial charge in [0.25, 0.3) is 5.91 Å². The second-order valence-corrected chi connectivity index (χ2v) is 9.33. The van der Waals surface area contributed by atoms with Crippen LogP contribution < -0.4 is 15.4 Å². The summed E-state index contributed by atoms with van der Waals surface area (Å²) in [6.45, 7) is 2.61. The number of amides is 3. The van der Waals surface area contributed by atoms with Gasteiger partial charge in [-0.05, 0) is 30.9 Å². The molecule has 9 nitrogen and oxygen atoms in total. The Morgan fingerprint density at radius 2 is 1.70 bits per heavy atom. The fraction of sp³-hybridized carbons (Fsp3) is 0.550. The first-order chi connectivity index (χ1) is 14.2. The van der Waals surface area contributed by atoms with Gasteiger partial charge in [0.05, 0.1) is 4.90 Å². The molecular formula is C20H29N3O6S. The summed E-state index contributed by atoms with van der Waals surface area (Å²) in [6.07, 6.45) is 4.94. The monoisotopic (exact) mass is 439 g/mol. The minimum absolute atomic E-state index is 0.0144. The fourth-order valence-electron chi connectivity index (χ4n) is 3.15. The van der Waals surface area contributed by atoms with Crippen LogP contribution in [0.4, 0.5) is 4.79 Å². The van der Waals surface area contributed by atoms with Gasteiger partial charge in [-0.2, -0.15) is 4.72 Å². The van der Waals surface area contributed by atoms with Gasteiger partial charge in [0.1, 0.15) is 6.04 Å². The standard InChI is InChI=1S/C20H29N3O6S/c1-14(2)18(23-30(27,28)16-11-7-4-8-12-16)19(25)29-13-17(24)22-20(26)21-15-9-5-3-6-10-15/h4,7-8,11-12,14-15,18,23H,3,5-6,9-10,13H2,1-2H3,(H2,21,22,24,26)/t18-/m1/s1. The first kappa shape index (κ1) is 23.8. The van der Waals surface area contributed by atoms with Gasteiger partial charge < -0.3 is 10.1 Å². The van der Waals surface area contributed by atoms with Crippen molar-refractivity contribution in [3.8, 4) is 0 Å². The summed E-state index contributed by atoms with van der Waals surface area (Å²) in [5.74, 6) is -2.11. The second kappa shape index (κ2) is 11.1. The minimum atomic E-state index is -3.94. The minimum Gasteiger partial charge on any atom is -0.454 e. The maximum atomic E-state index is 12.5. The van der Waals surface area contributed by atoms with E-state index in [1.807, 2.05) is 0 Å². The molecule has 2 rings (SSSR count). The molecule has 0 spiro atoms. The molecule has 1 aromatic rings. The van der Waals surface area contributed by atoms with E-state index in [0.29, 0.717) is 0 Å². The van der Waals surface area contributed by atoms with Gasteiger partial charge in [0.15, 0.2) is 6.61 Å². The first-order valence-electron chi connectivity index (χ1n) is 10.0. The van der Waals surface area contributed by atoms with Crippen molar-refractivity contribution in [3.05, 3.63) is 30.3 Å². The molecule has 3 amide bonds. The number of benzene rings is 1. The first-order valence-corrected chi connectivity index (χ1v) is 11.5. The van der Waals surface area contributed by atoms with Gasteiger partial charge >= 0.3 is 12.0 Å². The Balaban J connectivity index is 1.85. The number of ether oxygens (including phenoxy) is 1. The van der Waals surface area contributed by atoms with Crippen LogP contribution in [0.1, 0.15) is 46.0 Å². The molecule has 0 unspecified atom stereocenters. The van der Waals surface area contributed by atoms with E-state index >= 15 is 0 Å². The highest BCUT2D eigenvalue weighted by Gasteiger charge is 2.30. The Morgan fingerprint density at radius 1 is 1.07 bits per heavy atom. The summed E-state index contributed by atoms with van der Waals surface area (Å²) in [6, 6.07) is 5.85. The van der Waals surface area contributed by atoms with E-state index < -0.39 is 46.5 Å². The molecule has 0 aromatic heterocycles.